The van der Waals surface area contributed by atoms with Crippen molar-refractivity contribution in [3.8, 4) is 0 Å². The fraction of sp³-hybridized carbons (Fsp3) is 0.526. The Morgan fingerprint density at radius 1 is 1.24 bits per heavy atom. The molecule has 0 aliphatic carbocycles. The zero-order chi connectivity index (χ0) is 17.4. The zero-order valence-corrected chi connectivity index (χ0v) is 16.0. The van der Waals surface area contributed by atoms with Gasteiger partial charge in [-0.3, -0.25) is 0 Å². The van der Waals surface area contributed by atoms with Crippen LogP contribution in [0.15, 0.2) is 24.3 Å². The highest BCUT2D eigenvalue weighted by atomic mass is 32.1. The van der Waals surface area contributed by atoms with Gasteiger partial charge < -0.3 is 9.47 Å². The Hall–Kier alpha value is -1.95. The van der Waals surface area contributed by atoms with Crippen molar-refractivity contribution in [1.82, 2.24) is 18.9 Å². The number of nitrogens with zero attached hydrogens (tertiary/aromatic N) is 5. The lowest BCUT2D eigenvalue weighted by Gasteiger charge is -2.23. The first-order valence-electron chi connectivity index (χ1n) is 9.21. The van der Waals surface area contributed by atoms with Crippen molar-refractivity contribution in [3.63, 3.8) is 0 Å². The Bertz CT molecular complexity index is 866. The second-order valence-corrected chi connectivity index (χ2v) is 7.88. The van der Waals surface area contributed by atoms with E-state index in [1.807, 2.05) is 0 Å². The van der Waals surface area contributed by atoms with Crippen LogP contribution in [-0.4, -0.2) is 25.5 Å². The second-order valence-electron chi connectivity index (χ2n) is 7.15. The molecule has 0 radical (unpaired) electrons. The maximum Gasteiger partial charge on any atom is 0.205 e. The molecule has 0 amide bonds. The highest BCUT2D eigenvalue weighted by Crippen LogP contribution is 2.37. The number of benzene rings is 1. The Labute approximate surface area is 152 Å². The molecule has 1 fully saturated rings. The summed E-state index contributed by atoms with van der Waals surface area (Å²) in [7, 11) is 0. The van der Waals surface area contributed by atoms with E-state index in [2.05, 4.69) is 58.9 Å². The molecule has 6 heteroatoms. The van der Waals surface area contributed by atoms with Crippen molar-refractivity contribution in [1.29, 1.82) is 0 Å². The molecule has 1 atom stereocenters. The monoisotopic (exact) mass is 355 g/mol. The van der Waals surface area contributed by atoms with E-state index in [0.29, 0.717) is 12.0 Å². The second kappa shape index (κ2) is 6.75. The summed E-state index contributed by atoms with van der Waals surface area (Å²) in [6.45, 7) is 8.59. The predicted molar refractivity (Wildman–Crippen MR) is 103 cm³/mol. The van der Waals surface area contributed by atoms with Crippen molar-refractivity contribution in [3.05, 3.63) is 35.9 Å². The van der Waals surface area contributed by atoms with Crippen LogP contribution in [0, 0.1) is 5.92 Å². The van der Waals surface area contributed by atoms with Crippen molar-refractivity contribution in [2.45, 2.75) is 52.6 Å². The summed E-state index contributed by atoms with van der Waals surface area (Å²) in [5.74, 6) is 2.73. The third-order valence-electron chi connectivity index (χ3n) is 4.85. The summed E-state index contributed by atoms with van der Waals surface area (Å²) in [5.41, 5.74) is 2.31. The number of hydrogen-bond acceptors (Lipinski definition) is 5. The third kappa shape index (κ3) is 3.03. The molecule has 1 unspecified atom stereocenters. The Kier molecular flexibility index (Phi) is 4.46. The van der Waals surface area contributed by atoms with Crippen LogP contribution in [0.5, 0.6) is 0 Å². The molecular formula is C19H25N5S. The molecule has 2 aromatic heterocycles. The first-order chi connectivity index (χ1) is 12.2. The highest BCUT2D eigenvalue weighted by molar-refractivity contribution is 7.09. The molecule has 1 saturated heterocycles. The molecule has 5 nitrogen and oxygen atoms in total. The van der Waals surface area contributed by atoms with E-state index in [1.165, 1.54) is 29.3 Å². The topological polar surface area (TPSA) is 46.8 Å². The van der Waals surface area contributed by atoms with Crippen LogP contribution in [0.1, 0.15) is 51.3 Å². The summed E-state index contributed by atoms with van der Waals surface area (Å²) in [6, 6.07) is 8.73. The fourth-order valence-electron chi connectivity index (χ4n) is 3.75. The van der Waals surface area contributed by atoms with Gasteiger partial charge in [-0.05, 0) is 37.8 Å². The van der Waals surface area contributed by atoms with Crippen molar-refractivity contribution < 1.29 is 0 Å². The number of fused-ring (bicyclic) bond motifs is 1. The summed E-state index contributed by atoms with van der Waals surface area (Å²) in [6.07, 6.45) is 3.25. The number of anilines is 1. The van der Waals surface area contributed by atoms with Crippen LogP contribution in [0.25, 0.3) is 11.0 Å². The highest BCUT2D eigenvalue weighted by Gasteiger charge is 2.32. The smallest absolute Gasteiger partial charge is 0.205 e. The molecule has 0 saturated carbocycles. The van der Waals surface area contributed by atoms with E-state index in [9.17, 15) is 0 Å². The van der Waals surface area contributed by atoms with E-state index in [1.54, 1.807) is 0 Å². The molecule has 132 valence electrons. The van der Waals surface area contributed by atoms with Crippen LogP contribution in [-0.2, 0) is 13.0 Å². The van der Waals surface area contributed by atoms with E-state index in [0.717, 1.165) is 42.4 Å². The maximum atomic E-state index is 4.97. The zero-order valence-electron chi connectivity index (χ0n) is 15.1. The van der Waals surface area contributed by atoms with Gasteiger partial charge in [0.1, 0.15) is 11.6 Å². The normalized spacial score (nSPS) is 17.9. The molecule has 25 heavy (non-hydrogen) atoms. The Morgan fingerprint density at radius 3 is 2.88 bits per heavy atom. The number of hydrogen-bond donors (Lipinski definition) is 0. The molecule has 0 bridgehead atoms. The number of para-hydroxylation sites is 2. The molecule has 1 aromatic carbocycles. The average Bonchev–Trinajstić information content (AvgIpc) is 3.30. The summed E-state index contributed by atoms with van der Waals surface area (Å²) in [4.78, 5) is 12.2. The maximum absolute atomic E-state index is 4.97. The van der Waals surface area contributed by atoms with Gasteiger partial charge in [-0.25, -0.2) is 9.97 Å². The molecule has 4 rings (SSSR count). The SMILES string of the molecule is CCn1c(C2CCCN2c2nc(CC(C)C)ns2)nc2ccccc21. The molecule has 0 N–H and O–H groups in total. The molecule has 3 heterocycles. The van der Waals surface area contributed by atoms with Crippen LogP contribution < -0.4 is 4.90 Å². The van der Waals surface area contributed by atoms with Gasteiger partial charge in [-0.15, -0.1) is 0 Å². The van der Waals surface area contributed by atoms with Crippen LogP contribution in [0.4, 0.5) is 5.13 Å². The van der Waals surface area contributed by atoms with Crippen molar-refractivity contribution >= 4 is 27.7 Å². The standard InChI is InChI=1S/C19H25N5S/c1-4-23-15-9-6-5-8-14(15)20-18(23)16-10-7-11-24(16)19-21-17(22-25-19)12-13(2)3/h5-6,8-9,13,16H,4,7,10-12H2,1-3H3. The van der Waals surface area contributed by atoms with Crippen LogP contribution >= 0.6 is 11.5 Å². The van der Waals surface area contributed by atoms with E-state index in [-0.39, 0.29) is 0 Å². The molecular weight excluding hydrogens is 330 g/mol. The van der Waals surface area contributed by atoms with Gasteiger partial charge in [0.05, 0.1) is 17.1 Å². The lowest BCUT2D eigenvalue weighted by atomic mass is 10.1. The van der Waals surface area contributed by atoms with Gasteiger partial charge >= 0.3 is 0 Å². The Balaban J connectivity index is 1.69. The van der Waals surface area contributed by atoms with E-state index >= 15 is 0 Å². The van der Waals surface area contributed by atoms with Gasteiger partial charge in [0.2, 0.25) is 5.13 Å². The average molecular weight is 356 g/mol. The van der Waals surface area contributed by atoms with E-state index in [4.69, 9.17) is 9.97 Å². The summed E-state index contributed by atoms with van der Waals surface area (Å²) in [5, 5.41) is 1.05. The lowest BCUT2D eigenvalue weighted by molar-refractivity contribution is 0.604. The minimum atomic E-state index is 0.298. The number of aromatic nitrogens is 4. The van der Waals surface area contributed by atoms with Crippen molar-refractivity contribution in [2.75, 3.05) is 11.4 Å². The number of rotatable bonds is 5. The number of aryl methyl sites for hydroxylation is 1. The third-order valence-corrected chi connectivity index (χ3v) is 5.64. The molecule has 1 aliphatic heterocycles. The Morgan fingerprint density at radius 2 is 2.08 bits per heavy atom. The fourth-order valence-corrected chi connectivity index (χ4v) is 4.53. The molecule has 0 spiro atoms. The largest absolute Gasteiger partial charge is 0.337 e. The van der Waals surface area contributed by atoms with Crippen LogP contribution in [0.3, 0.4) is 0 Å². The summed E-state index contributed by atoms with van der Waals surface area (Å²) < 4.78 is 6.93. The lowest BCUT2D eigenvalue weighted by Crippen LogP contribution is -2.25. The van der Waals surface area contributed by atoms with Gasteiger partial charge in [0.15, 0.2) is 0 Å². The van der Waals surface area contributed by atoms with Gasteiger partial charge in [-0.2, -0.15) is 4.37 Å². The molecule has 1 aliphatic rings. The van der Waals surface area contributed by atoms with Gasteiger partial charge in [0, 0.05) is 31.0 Å². The van der Waals surface area contributed by atoms with Gasteiger partial charge in [-0.1, -0.05) is 26.0 Å². The molecule has 3 aromatic rings. The summed E-state index contributed by atoms with van der Waals surface area (Å²) >= 11 is 1.54. The van der Waals surface area contributed by atoms with Crippen LogP contribution in [0.2, 0.25) is 0 Å². The first-order valence-corrected chi connectivity index (χ1v) is 9.99. The first kappa shape index (κ1) is 16.5. The predicted octanol–water partition coefficient (Wildman–Crippen LogP) is 4.45. The van der Waals surface area contributed by atoms with E-state index < -0.39 is 0 Å². The van der Waals surface area contributed by atoms with Gasteiger partial charge in [0.25, 0.3) is 0 Å². The minimum absolute atomic E-state index is 0.298. The quantitative estimate of drug-likeness (QED) is 0.678. The minimum Gasteiger partial charge on any atom is -0.337 e. The number of imidazole rings is 1. The van der Waals surface area contributed by atoms with Crippen molar-refractivity contribution in [2.24, 2.45) is 5.92 Å².